The molecule has 0 fully saturated rings. The summed E-state index contributed by atoms with van der Waals surface area (Å²) in [6, 6.07) is 8.05. The number of allylic oxidation sites excluding steroid dienone is 1. The van der Waals surface area contributed by atoms with Crippen LogP contribution in [0.15, 0.2) is 36.6 Å². The van der Waals surface area contributed by atoms with Gasteiger partial charge in [-0.05, 0) is 38.5 Å². The molecule has 1 aliphatic heterocycles. The van der Waals surface area contributed by atoms with E-state index in [1.807, 2.05) is 37.3 Å². The van der Waals surface area contributed by atoms with E-state index >= 15 is 0 Å². The van der Waals surface area contributed by atoms with Gasteiger partial charge in [-0.25, -0.2) is 0 Å². The van der Waals surface area contributed by atoms with Crippen LogP contribution >= 0.6 is 0 Å². The fraction of sp³-hybridized carbons (Fsp3) is 0.357. The number of carbonyl (C=O) groups excluding carboxylic acids is 1. The van der Waals surface area contributed by atoms with Gasteiger partial charge in [-0.1, -0.05) is 17.7 Å². The highest BCUT2D eigenvalue weighted by Gasteiger charge is 2.27. The molecule has 1 aromatic rings. The highest BCUT2D eigenvalue weighted by Crippen LogP contribution is 2.22. The van der Waals surface area contributed by atoms with E-state index in [0.717, 1.165) is 12.1 Å². The van der Waals surface area contributed by atoms with Crippen molar-refractivity contribution in [3.63, 3.8) is 0 Å². The molecule has 2 rings (SSSR count). The molecular weight excluding hydrogens is 214 g/mol. The molecule has 0 radical (unpaired) electrons. The fourth-order valence-electron chi connectivity index (χ4n) is 1.89. The number of ketones is 1. The predicted molar refractivity (Wildman–Crippen MR) is 67.6 cm³/mol. The van der Waals surface area contributed by atoms with Gasteiger partial charge in [0.1, 0.15) is 5.78 Å². The van der Waals surface area contributed by atoms with E-state index in [9.17, 15) is 4.79 Å². The molecule has 3 heteroatoms. The zero-order chi connectivity index (χ0) is 12.3. The molecule has 0 aromatic heterocycles. The smallest absolute Gasteiger partial charge is 0.179 e. The van der Waals surface area contributed by atoms with Gasteiger partial charge in [0, 0.05) is 5.69 Å². The van der Waals surface area contributed by atoms with Gasteiger partial charge in [0.2, 0.25) is 0 Å². The molecule has 0 saturated carbocycles. The van der Waals surface area contributed by atoms with Crippen molar-refractivity contribution in [3.05, 3.63) is 42.2 Å². The minimum Gasteiger partial charge on any atom is -0.478 e. The number of hydrogen-bond acceptors (Lipinski definition) is 3. The Morgan fingerprint density at radius 1 is 1.35 bits per heavy atom. The van der Waals surface area contributed by atoms with Crippen LogP contribution in [-0.4, -0.2) is 12.0 Å². The number of carbonyl (C=O) groups is 1. The molecule has 1 N–H and O–H groups in total. The number of anilines is 1. The first-order valence-electron chi connectivity index (χ1n) is 5.81. The number of rotatable bonds is 3. The third-order valence-corrected chi connectivity index (χ3v) is 2.96. The highest BCUT2D eigenvalue weighted by molar-refractivity contribution is 5.79. The van der Waals surface area contributed by atoms with Crippen molar-refractivity contribution in [2.45, 2.75) is 26.5 Å². The topological polar surface area (TPSA) is 38.3 Å². The maximum Gasteiger partial charge on any atom is 0.179 e. The average molecular weight is 231 g/mol. The SMILES string of the molecule is CC(=O)C1CC=COC1Nc1ccc(C)cc1. The molecule has 90 valence electrons. The molecule has 0 aliphatic carbocycles. The fourth-order valence-corrected chi connectivity index (χ4v) is 1.89. The van der Waals surface area contributed by atoms with Crippen LogP contribution in [0.4, 0.5) is 5.69 Å². The number of benzene rings is 1. The Hall–Kier alpha value is -1.77. The predicted octanol–water partition coefficient (Wildman–Crippen LogP) is 2.87. The van der Waals surface area contributed by atoms with Gasteiger partial charge in [0.25, 0.3) is 0 Å². The summed E-state index contributed by atoms with van der Waals surface area (Å²) in [5.74, 6) is 0.0419. The normalized spacial score (nSPS) is 22.9. The first-order valence-corrected chi connectivity index (χ1v) is 5.81. The van der Waals surface area contributed by atoms with Crippen molar-refractivity contribution in [3.8, 4) is 0 Å². The number of Topliss-reactive ketones (excluding diaryl/α,β-unsaturated/α-hetero) is 1. The van der Waals surface area contributed by atoms with E-state index in [1.165, 1.54) is 5.56 Å². The summed E-state index contributed by atoms with van der Waals surface area (Å²) in [6.07, 6.45) is 4.02. The van der Waals surface area contributed by atoms with E-state index in [4.69, 9.17) is 4.74 Å². The lowest BCUT2D eigenvalue weighted by Crippen LogP contribution is -2.36. The molecule has 17 heavy (non-hydrogen) atoms. The monoisotopic (exact) mass is 231 g/mol. The van der Waals surface area contributed by atoms with Crippen LogP contribution in [0.2, 0.25) is 0 Å². The molecule has 1 aliphatic rings. The van der Waals surface area contributed by atoms with Crippen molar-refractivity contribution < 1.29 is 9.53 Å². The Morgan fingerprint density at radius 3 is 2.71 bits per heavy atom. The summed E-state index contributed by atoms with van der Waals surface area (Å²) < 4.78 is 5.47. The van der Waals surface area contributed by atoms with Crippen molar-refractivity contribution in [2.24, 2.45) is 5.92 Å². The van der Waals surface area contributed by atoms with Crippen LogP contribution in [0, 0.1) is 12.8 Å². The minimum atomic E-state index is -0.264. The lowest BCUT2D eigenvalue weighted by molar-refractivity contribution is -0.124. The minimum absolute atomic E-state index is 0.110. The Morgan fingerprint density at radius 2 is 2.06 bits per heavy atom. The van der Waals surface area contributed by atoms with Gasteiger partial charge in [-0.15, -0.1) is 0 Å². The lowest BCUT2D eigenvalue weighted by Gasteiger charge is -2.28. The van der Waals surface area contributed by atoms with E-state index < -0.39 is 0 Å². The summed E-state index contributed by atoms with van der Waals surface area (Å²) in [7, 11) is 0. The van der Waals surface area contributed by atoms with Crippen LogP contribution < -0.4 is 5.32 Å². The van der Waals surface area contributed by atoms with E-state index in [-0.39, 0.29) is 17.9 Å². The van der Waals surface area contributed by atoms with Crippen molar-refractivity contribution in [2.75, 3.05) is 5.32 Å². The molecule has 0 amide bonds. The van der Waals surface area contributed by atoms with Crippen LogP contribution in [-0.2, 0) is 9.53 Å². The van der Waals surface area contributed by atoms with Crippen molar-refractivity contribution >= 4 is 11.5 Å². The Bertz CT molecular complexity index is 422. The van der Waals surface area contributed by atoms with Crippen LogP contribution in [0.25, 0.3) is 0 Å². The van der Waals surface area contributed by atoms with E-state index in [0.29, 0.717) is 0 Å². The van der Waals surface area contributed by atoms with Gasteiger partial charge in [0.15, 0.2) is 6.23 Å². The van der Waals surface area contributed by atoms with Crippen LogP contribution in [0.1, 0.15) is 18.9 Å². The third-order valence-electron chi connectivity index (χ3n) is 2.96. The molecule has 1 heterocycles. The maximum absolute atomic E-state index is 11.5. The number of aryl methyl sites for hydroxylation is 1. The summed E-state index contributed by atoms with van der Waals surface area (Å²) in [5, 5.41) is 3.25. The largest absolute Gasteiger partial charge is 0.478 e. The molecule has 0 saturated heterocycles. The van der Waals surface area contributed by atoms with Gasteiger partial charge in [0.05, 0.1) is 12.2 Å². The molecule has 3 nitrogen and oxygen atoms in total. The van der Waals surface area contributed by atoms with Crippen LogP contribution in [0.3, 0.4) is 0 Å². The second-order valence-electron chi connectivity index (χ2n) is 4.39. The maximum atomic E-state index is 11.5. The van der Waals surface area contributed by atoms with Crippen LogP contribution in [0.5, 0.6) is 0 Å². The molecule has 2 atom stereocenters. The number of ether oxygens (including phenoxy) is 1. The molecular formula is C14H17NO2. The molecule has 1 aromatic carbocycles. The first kappa shape index (κ1) is 11.7. The van der Waals surface area contributed by atoms with Gasteiger partial charge < -0.3 is 10.1 Å². The Kier molecular flexibility index (Phi) is 3.47. The molecule has 0 bridgehead atoms. The quantitative estimate of drug-likeness (QED) is 0.869. The third kappa shape index (κ3) is 2.87. The van der Waals surface area contributed by atoms with E-state index in [1.54, 1.807) is 13.2 Å². The Balaban J connectivity index is 2.08. The second kappa shape index (κ2) is 5.04. The van der Waals surface area contributed by atoms with Gasteiger partial charge >= 0.3 is 0 Å². The standard InChI is InChI=1S/C14H17NO2/c1-10-5-7-12(8-6-10)15-14-13(11(2)16)4-3-9-17-14/h3,5-9,13-15H,4H2,1-2H3. The average Bonchev–Trinajstić information content (AvgIpc) is 2.32. The number of hydrogen-bond donors (Lipinski definition) is 1. The lowest BCUT2D eigenvalue weighted by atomic mass is 9.97. The van der Waals surface area contributed by atoms with Gasteiger partial charge in [-0.3, -0.25) is 4.79 Å². The zero-order valence-electron chi connectivity index (χ0n) is 10.1. The first-order chi connectivity index (χ1) is 8.16. The van der Waals surface area contributed by atoms with E-state index in [2.05, 4.69) is 5.32 Å². The summed E-state index contributed by atoms with van der Waals surface area (Å²) in [4.78, 5) is 11.5. The Labute approximate surface area is 101 Å². The van der Waals surface area contributed by atoms with Crippen molar-refractivity contribution in [1.29, 1.82) is 0 Å². The summed E-state index contributed by atoms with van der Waals surface area (Å²) in [5.41, 5.74) is 2.19. The summed E-state index contributed by atoms with van der Waals surface area (Å²) >= 11 is 0. The van der Waals surface area contributed by atoms with Crippen molar-refractivity contribution in [1.82, 2.24) is 0 Å². The number of nitrogens with one attached hydrogen (secondary N) is 1. The van der Waals surface area contributed by atoms with Gasteiger partial charge in [-0.2, -0.15) is 0 Å². The zero-order valence-corrected chi connectivity index (χ0v) is 10.1. The second-order valence-corrected chi connectivity index (χ2v) is 4.39. The molecule has 0 spiro atoms. The molecule has 2 unspecified atom stereocenters. The highest BCUT2D eigenvalue weighted by atomic mass is 16.5. The summed E-state index contributed by atoms with van der Waals surface area (Å²) in [6.45, 7) is 3.65.